The van der Waals surface area contributed by atoms with Crippen LogP contribution in [0.2, 0.25) is 0 Å². The maximum Gasteiger partial charge on any atom is 0.236 e. The zero-order valence-electron chi connectivity index (χ0n) is 16.1. The Labute approximate surface area is 160 Å². The molecule has 2 aliphatic rings. The van der Waals surface area contributed by atoms with Crippen LogP contribution in [-0.4, -0.2) is 62.0 Å². The Morgan fingerprint density at radius 3 is 2.48 bits per heavy atom. The topological polar surface area (TPSA) is 85.1 Å². The molecule has 2 saturated heterocycles. The number of primary amides is 1. The monoisotopic (exact) mass is 375 g/mol. The maximum atomic E-state index is 12.8. The van der Waals surface area contributed by atoms with Gasteiger partial charge in [0, 0.05) is 36.7 Å². The highest BCUT2D eigenvalue weighted by atomic mass is 16.5. The number of piperidine rings is 1. The second-order valence-electron chi connectivity index (χ2n) is 7.29. The largest absolute Gasteiger partial charge is 0.497 e. The summed E-state index contributed by atoms with van der Waals surface area (Å²) in [6.07, 6.45) is 3.38. The highest BCUT2D eigenvalue weighted by Gasteiger charge is 2.32. The zero-order valence-corrected chi connectivity index (χ0v) is 16.1. The summed E-state index contributed by atoms with van der Waals surface area (Å²) in [6.45, 7) is 2.50. The highest BCUT2D eigenvalue weighted by Crippen LogP contribution is 2.38. The van der Waals surface area contributed by atoms with Gasteiger partial charge < -0.3 is 20.1 Å². The predicted octanol–water partition coefficient (Wildman–Crippen LogP) is 1.56. The molecule has 2 aliphatic heterocycles. The number of rotatable bonds is 6. The lowest BCUT2D eigenvalue weighted by Gasteiger charge is -2.33. The first-order valence-electron chi connectivity index (χ1n) is 9.56. The summed E-state index contributed by atoms with van der Waals surface area (Å²) in [5, 5.41) is 0. The first-order valence-corrected chi connectivity index (χ1v) is 9.56. The summed E-state index contributed by atoms with van der Waals surface area (Å²) < 4.78 is 10.8. The smallest absolute Gasteiger partial charge is 0.236 e. The van der Waals surface area contributed by atoms with Crippen molar-refractivity contribution >= 4 is 11.8 Å². The molecule has 148 valence electrons. The van der Waals surface area contributed by atoms with E-state index in [1.807, 2.05) is 23.1 Å². The van der Waals surface area contributed by atoms with Gasteiger partial charge in [-0.15, -0.1) is 0 Å². The van der Waals surface area contributed by atoms with Crippen molar-refractivity contribution in [2.24, 2.45) is 11.7 Å². The molecule has 0 saturated carbocycles. The Hall–Kier alpha value is -2.28. The minimum Gasteiger partial charge on any atom is -0.497 e. The van der Waals surface area contributed by atoms with Crippen LogP contribution in [-0.2, 0) is 9.59 Å². The van der Waals surface area contributed by atoms with Crippen molar-refractivity contribution in [2.45, 2.75) is 31.7 Å². The average Bonchev–Trinajstić information content (AvgIpc) is 3.15. The minimum absolute atomic E-state index is 0.0999. The molecule has 27 heavy (non-hydrogen) atoms. The molecule has 0 radical (unpaired) electrons. The number of hydrogen-bond donors (Lipinski definition) is 1. The third-order valence-electron chi connectivity index (χ3n) is 5.75. The van der Waals surface area contributed by atoms with Gasteiger partial charge in [-0.1, -0.05) is 6.07 Å². The van der Waals surface area contributed by atoms with Gasteiger partial charge >= 0.3 is 0 Å². The summed E-state index contributed by atoms with van der Waals surface area (Å²) in [5.41, 5.74) is 6.47. The lowest BCUT2D eigenvalue weighted by atomic mass is 9.96. The van der Waals surface area contributed by atoms with Crippen LogP contribution in [0.4, 0.5) is 0 Å². The van der Waals surface area contributed by atoms with Crippen molar-refractivity contribution in [3.05, 3.63) is 23.8 Å². The van der Waals surface area contributed by atoms with Gasteiger partial charge in [-0.2, -0.15) is 0 Å². The predicted molar refractivity (Wildman–Crippen MR) is 102 cm³/mol. The number of benzene rings is 1. The van der Waals surface area contributed by atoms with E-state index in [1.165, 1.54) is 0 Å². The van der Waals surface area contributed by atoms with Gasteiger partial charge in [0.15, 0.2) is 0 Å². The number of nitrogens with zero attached hydrogens (tertiary/aromatic N) is 2. The number of ether oxygens (including phenoxy) is 2. The van der Waals surface area contributed by atoms with Gasteiger partial charge in [0.25, 0.3) is 0 Å². The fourth-order valence-electron chi connectivity index (χ4n) is 4.15. The number of carbonyl (C=O) groups excluding carboxylic acids is 2. The quantitative estimate of drug-likeness (QED) is 0.816. The van der Waals surface area contributed by atoms with E-state index in [9.17, 15) is 9.59 Å². The van der Waals surface area contributed by atoms with E-state index in [0.717, 1.165) is 36.4 Å². The second-order valence-corrected chi connectivity index (χ2v) is 7.29. The number of likely N-dealkylation sites (tertiary alicyclic amines) is 2. The zero-order chi connectivity index (χ0) is 19.4. The molecule has 2 heterocycles. The SMILES string of the molecule is COc1ccc([C@@H]2CCCN2CC(=O)N2CCC(C(N)=O)CC2)c(OC)c1. The fraction of sp³-hybridized carbons (Fsp3) is 0.600. The van der Waals surface area contributed by atoms with E-state index in [0.29, 0.717) is 32.5 Å². The first-order chi connectivity index (χ1) is 13.0. The molecule has 0 bridgehead atoms. The Balaban J connectivity index is 1.65. The van der Waals surface area contributed by atoms with Crippen LogP contribution in [0.25, 0.3) is 0 Å². The summed E-state index contributed by atoms with van der Waals surface area (Å²) >= 11 is 0. The molecule has 7 heteroatoms. The van der Waals surface area contributed by atoms with Crippen molar-refractivity contribution in [1.29, 1.82) is 0 Å². The fourth-order valence-corrected chi connectivity index (χ4v) is 4.15. The van der Waals surface area contributed by atoms with E-state index in [2.05, 4.69) is 4.90 Å². The van der Waals surface area contributed by atoms with Crippen LogP contribution in [0.5, 0.6) is 11.5 Å². The summed E-state index contributed by atoms with van der Waals surface area (Å²) in [5.74, 6) is 1.32. The van der Waals surface area contributed by atoms with E-state index in [4.69, 9.17) is 15.2 Å². The highest BCUT2D eigenvalue weighted by molar-refractivity contribution is 5.80. The third kappa shape index (κ3) is 4.35. The van der Waals surface area contributed by atoms with Gasteiger partial charge in [0.2, 0.25) is 11.8 Å². The molecule has 2 N–H and O–H groups in total. The minimum atomic E-state index is -0.256. The standard InChI is InChI=1S/C20H29N3O4/c1-26-15-5-6-16(18(12-15)27-2)17-4-3-9-23(17)13-19(24)22-10-7-14(8-11-22)20(21)25/h5-6,12,14,17H,3-4,7-11,13H2,1-2H3,(H2,21,25)/t17-/m0/s1. The van der Waals surface area contributed by atoms with Crippen molar-refractivity contribution in [1.82, 2.24) is 9.80 Å². The van der Waals surface area contributed by atoms with Crippen molar-refractivity contribution in [3.63, 3.8) is 0 Å². The van der Waals surface area contributed by atoms with Crippen molar-refractivity contribution in [2.75, 3.05) is 40.4 Å². The molecule has 0 spiro atoms. The number of hydrogen-bond acceptors (Lipinski definition) is 5. The molecule has 0 unspecified atom stereocenters. The van der Waals surface area contributed by atoms with Crippen LogP contribution in [0.3, 0.4) is 0 Å². The molecule has 0 aliphatic carbocycles. The lowest BCUT2D eigenvalue weighted by Crippen LogP contribution is -2.45. The molecule has 2 fully saturated rings. The van der Waals surface area contributed by atoms with Crippen LogP contribution < -0.4 is 15.2 Å². The van der Waals surface area contributed by atoms with E-state index >= 15 is 0 Å². The lowest BCUT2D eigenvalue weighted by molar-refractivity contribution is -0.136. The Kier molecular flexibility index (Phi) is 6.21. The molecular formula is C20H29N3O4. The Morgan fingerprint density at radius 2 is 1.85 bits per heavy atom. The van der Waals surface area contributed by atoms with Gasteiger partial charge in [-0.25, -0.2) is 0 Å². The normalized spacial score (nSPS) is 21.3. The molecule has 7 nitrogen and oxygen atoms in total. The number of methoxy groups -OCH3 is 2. The number of nitrogens with two attached hydrogens (primary N) is 1. The van der Waals surface area contributed by atoms with Crippen LogP contribution in [0, 0.1) is 5.92 Å². The van der Waals surface area contributed by atoms with E-state index in [1.54, 1.807) is 14.2 Å². The number of amides is 2. The molecule has 1 aromatic rings. The van der Waals surface area contributed by atoms with Crippen LogP contribution in [0.15, 0.2) is 18.2 Å². The van der Waals surface area contributed by atoms with E-state index in [-0.39, 0.29) is 23.8 Å². The van der Waals surface area contributed by atoms with Gasteiger partial charge in [-0.3, -0.25) is 14.5 Å². The van der Waals surface area contributed by atoms with Crippen molar-refractivity contribution < 1.29 is 19.1 Å². The van der Waals surface area contributed by atoms with Crippen LogP contribution >= 0.6 is 0 Å². The Bertz CT molecular complexity index is 686. The summed E-state index contributed by atoms with van der Waals surface area (Å²) in [7, 11) is 3.29. The van der Waals surface area contributed by atoms with Gasteiger partial charge in [-0.05, 0) is 38.3 Å². The Morgan fingerprint density at radius 1 is 1.11 bits per heavy atom. The second kappa shape index (κ2) is 8.61. The van der Waals surface area contributed by atoms with E-state index < -0.39 is 0 Å². The average molecular weight is 375 g/mol. The molecule has 1 aromatic carbocycles. The molecule has 0 aromatic heterocycles. The summed E-state index contributed by atoms with van der Waals surface area (Å²) in [6, 6.07) is 6.02. The van der Waals surface area contributed by atoms with Gasteiger partial charge in [0.1, 0.15) is 11.5 Å². The first kappa shape index (κ1) is 19.5. The van der Waals surface area contributed by atoms with Crippen LogP contribution in [0.1, 0.15) is 37.3 Å². The molecular weight excluding hydrogens is 346 g/mol. The molecule has 1 atom stereocenters. The summed E-state index contributed by atoms with van der Waals surface area (Å²) in [4.78, 5) is 28.2. The van der Waals surface area contributed by atoms with Crippen molar-refractivity contribution in [3.8, 4) is 11.5 Å². The molecule has 3 rings (SSSR count). The maximum absolute atomic E-state index is 12.8. The third-order valence-corrected chi connectivity index (χ3v) is 5.75. The molecule has 2 amide bonds. The van der Waals surface area contributed by atoms with Gasteiger partial charge in [0.05, 0.1) is 20.8 Å². The number of carbonyl (C=O) groups is 2.